The monoisotopic (exact) mass is 582 g/mol. The smallest absolute Gasteiger partial charge is 0.323 e. The number of pyridine rings is 1. The molecule has 1 atom stereocenters. The Hall–Kier alpha value is -4.03. The van der Waals surface area contributed by atoms with Gasteiger partial charge < -0.3 is 30.3 Å². The van der Waals surface area contributed by atoms with Gasteiger partial charge in [0.05, 0.1) is 5.69 Å². The van der Waals surface area contributed by atoms with Gasteiger partial charge >= 0.3 is 6.03 Å². The largest absolute Gasteiger partial charge is 0.457 e. The number of urea groups is 1. The van der Waals surface area contributed by atoms with Crippen molar-refractivity contribution >= 4 is 23.4 Å². The molecule has 3 aliphatic rings. The molecule has 4 N–H and O–H groups in total. The summed E-state index contributed by atoms with van der Waals surface area (Å²) in [5.41, 5.74) is 0.693. The maximum absolute atomic E-state index is 14.7. The van der Waals surface area contributed by atoms with E-state index in [1.807, 2.05) is 0 Å². The summed E-state index contributed by atoms with van der Waals surface area (Å²) in [6.07, 6.45) is 7.93. The third-order valence-corrected chi connectivity index (χ3v) is 7.71. The van der Waals surface area contributed by atoms with E-state index in [4.69, 9.17) is 4.74 Å². The SMILES string of the molecule is O=C(CC1=CC=C(F)CC1)NC(O)Nc1ccc(Oc2ccnc(NC(=O)N3CCC(N4CCCC4)CC3)c2)cc1F. The van der Waals surface area contributed by atoms with Crippen molar-refractivity contribution in [2.75, 3.05) is 36.8 Å². The van der Waals surface area contributed by atoms with Crippen LogP contribution in [0.15, 0.2) is 60.1 Å². The lowest BCUT2D eigenvalue weighted by Gasteiger charge is -2.36. The molecule has 2 fully saturated rings. The summed E-state index contributed by atoms with van der Waals surface area (Å²) in [5, 5.41) is 17.8. The summed E-state index contributed by atoms with van der Waals surface area (Å²) in [6, 6.07) is 7.48. The molecule has 5 rings (SSSR count). The van der Waals surface area contributed by atoms with Crippen LogP contribution in [0.5, 0.6) is 11.5 Å². The second kappa shape index (κ2) is 13.8. The molecule has 1 unspecified atom stereocenters. The minimum Gasteiger partial charge on any atom is -0.457 e. The van der Waals surface area contributed by atoms with Crippen molar-refractivity contribution in [3.8, 4) is 11.5 Å². The number of anilines is 2. The molecule has 0 bridgehead atoms. The number of carbonyl (C=O) groups is 2. The number of amides is 3. The van der Waals surface area contributed by atoms with Gasteiger partial charge in [0.1, 0.15) is 29.0 Å². The third kappa shape index (κ3) is 8.04. The van der Waals surface area contributed by atoms with Crippen LogP contribution >= 0.6 is 0 Å². The van der Waals surface area contributed by atoms with Crippen LogP contribution in [0, 0.1) is 5.82 Å². The lowest BCUT2D eigenvalue weighted by atomic mass is 10.0. The number of aliphatic hydroxyl groups excluding tert-OH is 1. The number of aliphatic hydroxyl groups is 1. The Morgan fingerprint density at radius 3 is 2.50 bits per heavy atom. The number of halogens is 2. The summed E-state index contributed by atoms with van der Waals surface area (Å²) >= 11 is 0. The molecular formula is C30H36F2N6O4. The molecule has 2 saturated heterocycles. The number of piperidine rings is 1. The first-order chi connectivity index (χ1) is 20.3. The minimum atomic E-state index is -1.53. The van der Waals surface area contributed by atoms with E-state index in [1.54, 1.807) is 23.1 Å². The molecule has 0 saturated carbocycles. The van der Waals surface area contributed by atoms with E-state index in [9.17, 15) is 23.5 Å². The Kier molecular flexibility index (Phi) is 9.65. The predicted octanol–water partition coefficient (Wildman–Crippen LogP) is 4.87. The van der Waals surface area contributed by atoms with Crippen molar-refractivity contribution < 1.29 is 28.2 Å². The number of carbonyl (C=O) groups excluding carboxylic acids is 2. The van der Waals surface area contributed by atoms with Gasteiger partial charge in [-0.2, -0.15) is 0 Å². The molecule has 1 aromatic carbocycles. The van der Waals surface area contributed by atoms with E-state index in [-0.39, 0.29) is 36.1 Å². The zero-order valence-corrected chi connectivity index (χ0v) is 23.3. The summed E-state index contributed by atoms with van der Waals surface area (Å²) in [5.74, 6) is -0.568. The molecule has 12 heteroatoms. The molecular weight excluding hydrogens is 546 g/mol. The minimum absolute atomic E-state index is 0.00336. The van der Waals surface area contributed by atoms with Gasteiger partial charge in [-0.05, 0) is 69.5 Å². The van der Waals surface area contributed by atoms with Gasteiger partial charge in [-0.25, -0.2) is 18.6 Å². The highest BCUT2D eigenvalue weighted by Gasteiger charge is 2.28. The first-order valence-corrected chi connectivity index (χ1v) is 14.3. The second-order valence-corrected chi connectivity index (χ2v) is 10.7. The van der Waals surface area contributed by atoms with Gasteiger partial charge in [0.2, 0.25) is 12.3 Å². The van der Waals surface area contributed by atoms with Crippen LogP contribution in [0.25, 0.3) is 0 Å². The first-order valence-electron chi connectivity index (χ1n) is 14.3. The number of aromatic nitrogens is 1. The van der Waals surface area contributed by atoms with Gasteiger partial charge in [-0.15, -0.1) is 0 Å². The number of nitrogens with one attached hydrogen (secondary N) is 3. The van der Waals surface area contributed by atoms with Crippen molar-refractivity contribution in [2.24, 2.45) is 0 Å². The fourth-order valence-electron chi connectivity index (χ4n) is 5.48. The van der Waals surface area contributed by atoms with Crippen molar-refractivity contribution in [1.82, 2.24) is 20.1 Å². The standard InChI is InChI=1S/C30H36F2N6O4/c31-21-5-3-20(4-6-21)17-28(39)36-29(40)34-26-8-7-23(18-25(26)32)42-24-9-12-33-27(19-24)35-30(41)38-15-10-22(11-16-38)37-13-1-2-14-37/h3,5,7-9,12,18-19,22,29,34,40H,1-2,4,6,10-11,13-17H2,(H,36,39)(H,33,35,41). The van der Waals surface area contributed by atoms with Gasteiger partial charge in [0.15, 0.2) is 0 Å². The topological polar surface area (TPSA) is 119 Å². The van der Waals surface area contributed by atoms with Crippen LogP contribution in [0.2, 0.25) is 0 Å². The number of benzene rings is 1. The fourth-order valence-corrected chi connectivity index (χ4v) is 5.48. The van der Waals surface area contributed by atoms with Crippen molar-refractivity contribution in [3.63, 3.8) is 0 Å². The second-order valence-electron chi connectivity index (χ2n) is 10.7. The average molecular weight is 583 g/mol. The zero-order chi connectivity index (χ0) is 29.5. The van der Waals surface area contributed by atoms with Crippen LogP contribution in [0.1, 0.15) is 44.9 Å². The molecule has 1 aliphatic carbocycles. The highest BCUT2D eigenvalue weighted by Crippen LogP contribution is 2.28. The normalized spacial score (nSPS) is 18.6. The van der Waals surface area contributed by atoms with Crippen molar-refractivity contribution in [3.05, 3.63) is 65.9 Å². The number of nitrogens with zero attached hydrogens (tertiary/aromatic N) is 3. The van der Waals surface area contributed by atoms with Crippen LogP contribution in [-0.4, -0.2) is 70.4 Å². The molecule has 10 nitrogen and oxygen atoms in total. The average Bonchev–Trinajstić information content (AvgIpc) is 3.51. The molecule has 1 aromatic heterocycles. The molecule has 42 heavy (non-hydrogen) atoms. The first kappa shape index (κ1) is 29.5. The highest BCUT2D eigenvalue weighted by atomic mass is 19.1. The summed E-state index contributed by atoms with van der Waals surface area (Å²) < 4.78 is 33.6. The predicted molar refractivity (Wildman–Crippen MR) is 154 cm³/mol. The van der Waals surface area contributed by atoms with Crippen molar-refractivity contribution in [1.29, 1.82) is 0 Å². The molecule has 0 spiro atoms. The van der Waals surface area contributed by atoms with E-state index >= 15 is 0 Å². The zero-order valence-electron chi connectivity index (χ0n) is 23.3. The van der Waals surface area contributed by atoms with Gasteiger partial charge in [-0.1, -0.05) is 11.6 Å². The van der Waals surface area contributed by atoms with Crippen LogP contribution < -0.4 is 20.7 Å². The van der Waals surface area contributed by atoms with E-state index in [0.29, 0.717) is 37.1 Å². The number of ether oxygens (including phenoxy) is 1. The summed E-state index contributed by atoms with van der Waals surface area (Å²) in [6.45, 7) is 3.69. The van der Waals surface area contributed by atoms with E-state index in [1.165, 1.54) is 37.2 Å². The molecule has 224 valence electrons. The Labute approximate surface area is 243 Å². The Morgan fingerprint density at radius 1 is 1.02 bits per heavy atom. The van der Waals surface area contributed by atoms with Crippen LogP contribution in [0.4, 0.5) is 25.1 Å². The molecule has 3 amide bonds. The van der Waals surface area contributed by atoms with E-state index in [2.05, 4.69) is 25.8 Å². The fraction of sp³-hybridized carbons (Fsp3) is 0.433. The number of hydrogen-bond donors (Lipinski definition) is 4. The van der Waals surface area contributed by atoms with Gasteiger partial charge in [-0.3, -0.25) is 10.1 Å². The van der Waals surface area contributed by atoms with E-state index in [0.717, 1.165) is 37.6 Å². The maximum atomic E-state index is 14.7. The quantitative estimate of drug-likeness (QED) is 0.312. The number of allylic oxidation sites excluding steroid dienone is 3. The molecule has 3 heterocycles. The van der Waals surface area contributed by atoms with E-state index < -0.39 is 18.1 Å². The number of rotatable bonds is 9. The number of likely N-dealkylation sites (tertiary alicyclic amines) is 2. The van der Waals surface area contributed by atoms with Gasteiger partial charge in [0, 0.05) is 50.3 Å². The highest BCUT2D eigenvalue weighted by molar-refractivity contribution is 5.88. The van der Waals surface area contributed by atoms with Crippen molar-refractivity contribution in [2.45, 2.75) is 57.3 Å². The van der Waals surface area contributed by atoms with Crippen LogP contribution in [-0.2, 0) is 4.79 Å². The summed E-state index contributed by atoms with van der Waals surface area (Å²) in [4.78, 5) is 33.5. The third-order valence-electron chi connectivity index (χ3n) is 7.71. The Morgan fingerprint density at radius 2 is 1.79 bits per heavy atom. The van der Waals surface area contributed by atoms with Crippen LogP contribution in [0.3, 0.4) is 0 Å². The lowest BCUT2D eigenvalue weighted by Crippen LogP contribution is -2.47. The maximum Gasteiger partial charge on any atom is 0.323 e. The molecule has 2 aromatic rings. The molecule has 0 radical (unpaired) electrons. The Bertz CT molecular complexity index is 1340. The Balaban J connectivity index is 1.09. The summed E-state index contributed by atoms with van der Waals surface area (Å²) in [7, 11) is 0. The molecule has 2 aliphatic heterocycles. The lowest BCUT2D eigenvalue weighted by molar-refractivity contribution is -0.122. The number of hydrogen-bond acceptors (Lipinski definition) is 7. The van der Waals surface area contributed by atoms with Gasteiger partial charge in [0.25, 0.3) is 0 Å².